The Bertz CT molecular complexity index is 138. The van der Waals surface area contributed by atoms with Crippen LogP contribution in [0.25, 0.3) is 0 Å². The quantitative estimate of drug-likeness (QED) is 0.517. The molecule has 2 radical (unpaired) electrons. The smallest absolute Gasteiger partial charge is 0.284 e. The maximum absolute atomic E-state index is 12.6. The summed E-state index contributed by atoms with van der Waals surface area (Å²) < 4.78 is 37.4. The first kappa shape index (κ1) is 10.7. The Morgan fingerprint density at radius 2 is 2.09 bits per heavy atom. The van der Waals surface area contributed by atoms with Gasteiger partial charge < -0.3 is 4.80 Å². The highest BCUT2D eigenvalue weighted by Gasteiger charge is 2.44. The predicted octanol–water partition coefficient (Wildman–Crippen LogP) is 1.57. The minimum absolute atomic E-state index is 0.761. The fourth-order valence-corrected chi connectivity index (χ4v) is 1.05. The van der Waals surface area contributed by atoms with Crippen LogP contribution in [0.1, 0.15) is 6.92 Å². The van der Waals surface area contributed by atoms with E-state index in [0.717, 1.165) is 13.0 Å². The molecule has 0 rings (SSSR count). The molecule has 5 heteroatoms. The van der Waals surface area contributed by atoms with E-state index in [0.29, 0.717) is 0 Å². The standard InChI is InChI=1S/C6H9F3OSi/c1-3-5(11-10)6(8,9)4(2)7/h3-5,10H,1H2,2H3. The van der Waals surface area contributed by atoms with Crippen LogP contribution in [-0.2, 0) is 0 Å². The Kier molecular flexibility index (Phi) is 3.81. The molecule has 0 aliphatic carbocycles. The largest absolute Gasteiger partial charge is 0.431 e. The van der Waals surface area contributed by atoms with Gasteiger partial charge in [0, 0.05) is 0 Å². The van der Waals surface area contributed by atoms with E-state index in [4.69, 9.17) is 4.80 Å². The molecule has 64 valence electrons. The summed E-state index contributed by atoms with van der Waals surface area (Å²) in [5.74, 6) is -3.51. The minimum Gasteiger partial charge on any atom is -0.431 e. The van der Waals surface area contributed by atoms with Crippen molar-refractivity contribution < 1.29 is 18.0 Å². The third kappa shape index (κ3) is 2.34. The third-order valence-corrected chi connectivity index (χ3v) is 2.22. The number of hydrogen-bond donors (Lipinski definition) is 1. The summed E-state index contributed by atoms with van der Waals surface area (Å²) in [6.07, 6.45) is -1.39. The van der Waals surface area contributed by atoms with E-state index < -0.39 is 27.4 Å². The highest BCUT2D eigenvalue weighted by atomic mass is 28.2. The molecule has 2 atom stereocenters. The van der Waals surface area contributed by atoms with Gasteiger partial charge >= 0.3 is 0 Å². The molecule has 0 saturated heterocycles. The second-order valence-corrected chi connectivity index (χ2v) is 3.01. The van der Waals surface area contributed by atoms with Crippen molar-refractivity contribution in [1.29, 1.82) is 0 Å². The molecular weight excluding hydrogens is 173 g/mol. The second-order valence-electron chi connectivity index (χ2n) is 2.13. The first-order chi connectivity index (χ1) is 4.96. The highest BCUT2D eigenvalue weighted by molar-refractivity contribution is 6.29. The number of halogens is 3. The number of allylic oxidation sites excluding steroid dienone is 1. The van der Waals surface area contributed by atoms with E-state index in [2.05, 4.69) is 6.58 Å². The molecule has 2 unspecified atom stereocenters. The van der Waals surface area contributed by atoms with Crippen LogP contribution in [0.3, 0.4) is 0 Å². The maximum Gasteiger partial charge on any atom is 0.284 e. The maximum atomic E-state index is 12.6. The van der Waals surface area contributed by atoms with Crippen LogP contribution >= 0.6 is 0 Å². The van der Waals surface area contributed by atoms with Crippen molar-refractivity contribution in [2.45, 2.75) is 24.6 Å². The lowest BCUT2D eigenvalue weighted by Crippen LogP contribution is -2.34. The second kappa shape index (κ2) is 3.92. The van der Waals surface area contributed by atoms with Gasteiger partial charge in [-0.15, -0.1) is 6.58 Å². The minimum atomic E-state index is -3.51. The molecule has 0 heterocycles. The predicted molar refractivity (Wildman–Crippen MR) is 37.4 cm³/mol. The zero-order chi connectivity index (χ0) is 9.07. The van der Waals surface area contributed by atoms with Crippen molar-refractivity contribution in [1.82, 2.24) is 0 Å². The summed E-state index contributed by atoms with van der Waals surface area (Å²) in [6, 6.07) is 0. The van der Waals surface area contributed by atoms with Crippen LogP contribution in [0.2, 0.25) is 5.54 Å². The Morgan fingerprint density at radius 3 is 2.18 bits per heavy atom. The number of hydrogen-bond acceptors (Lipinski definition) is 1. The Balaban J connectivity index is 4.36. The van der Waals surface area contributed by atoms with Gasteiger partial charge in [0.05, 0.1) is 5.54 Å². The summed E-state index contributed by atoms with van der Waals surface area (Å²) in [6.45, 7) is 3.84. The van der Waals surface area contributed by atoms with E-state index >= 15 is 0 Å². The average Bonchev–Trinajstić information content (AvgIpc) is 1.89. The van der Waals surface area contributed by atoms with Gasteiger partial charge in [0.15, 0.2) is 6.17 Å². The first-order valence-electron chi connectivity index (χ1n) is 3.00. The van der Waals surface area contributed by atoms with E-state index in [1.807, 2.05) is 0 Å². The first-order valence-corrected chi connectivity index (χ1v) is 4.03. The van der Waals surface area contributed by atoms with Crippen LogP contribution in [0, 0.1) is 0 Å². The van der Waals surface area contributed by atoms with Crippen LogP contribution in [0.5, 0.6) is 0 Å². The summed E-state index contributed by atoms with van der Waals surface area (Å²) in [5, 5.41) is 0. The van der Waals surface area contributed by atoms with Crippen LogP contribution in [0.4, 0.5) is 13.2 Å². The zero-order valence-electron chi connectivity index (χ0n) is 6.02. The van der Waals surface area contributed by atoms with Crippen LogP contribution in [-0.4, -0.2) is 26.7 Å². The highest BCUT2D eigenvalue weighted by Crippen LogP contribution is 2.34. The molecule has 11 heavy (non-hydrogen) atoms. The molecule has 0 saturated carbocycles. The summed E-state index contributed by atoms with van der Waals surface area (Å²) in [5.41, 5.74) is -1.47. The topological polar surface area (TPSA) is 20.2 Å². The normalized spacial score (nSPS) is 17.5. The number of rotatable bonds is 4. The lowest BCUT2D eigenvalue weighted by atomic mass is 10.1. The Morgan fingerprint density at radius 1 is 1.64 bits per heavy atom. The Hall–Kier alpha value is -0.293. The Labute approximate surface area is 65.9 Å². The lowest BCUT2D eigenvalue weighted by molar-refractivity contribution is -0.0627. The zero-order valence-corrected chi connectivity index (χ0v) is 7.02. The molecule has 0 aromatic rings. The van der Waals surface area contributed by atoms with Gasteiger partial charge in [0.1, 0.15) is 0 Å². The molecule has 1 nitrogen and oxygen atoms in total. The summed E-state index contributed by atoms with van der Waals surface area (Å²) in [4.78, 5) is 8.42. The van der Waals surface area contributed by atoms with Gasteiger partial charge in [-0.05, 0) is 6.92 Å². The summed E-state index contributed by atoms with van der Waals surface area (Å²) in [7, 11) is -1.01. The fraction of sp³-hybridized carbons (Fsp3) is 0.667. The van der Waals surface area contributed by atoms with Gasteiger partial charge in [-0.1, -0.05) is 6.08 Å². The van der Waals surface area contributed by atoms with E-state index in [9.17, 15) is 13.2 Å². The molecule has 1 N–H and O–H groups in total. The van der Waals surface area contributed by atoms with Crippen LogP contribution < -0.4 is 0 Å². The van der Waals surface area contributed by atoms with E-state index in [1.165, 1.54) is 0 Å². The molecule has 0 spiro atoms. The molecule has 0 amide bonds. The molecular formula is C6H9F3OSi. The molecule has 0 bridgehead atoms. The molecule has 0 aromatic heterocycles. The summed E-state index contributed by atoms with van der Waals surface area (Å²) >= 11 is 0. The van der Waals surface area contributed by atoms with Crippen LogP contribution in [0.15, 0.2) is 12.7 Å². The molecule has 0 aromatic carbocycles. The van der Waals surface area contributed by atoms with E-state index in [-0.39, 0.29) is 0 Å². The van der Waals surface area contributed by atoms with Gasteiger partial charge in [0.25, 0.3) is 5.92 Å². The molecule has 0 aliphatic rings. The van der Waals surface area contributed by atoms with Crippen molar-refractivity contribution in [3.63, 3.8) is 0 Å². The monoisotopic (exact) mass is 182 g/mol. The SMILES string of the molecule is C=CC([Si]O)C(F)(F)C(C)F. The van der Waals surface area contributed by atoms with Gasteiger partial charge in [-0.2, -0.15) is 0 Å². The van der Waals surface area contributed by atoms with Crippen molar-refractivity contribution in [3.05, 3.63) is 12.7 Å². The van der Waals surface area contributed by atoms with Crippen molar-refractivity contribution >= 4 is 9.76 Å². The van der Waals surface area contributed by atoms with Crippen molar-refractivity contribution in [2.75, 3.05) is 0 Å². The van der Waals surface area contributed by atoms with Gasteiger partial charge in [-0.25, -0.2) is 13.2 Å². The number of alkyl halides is 3. The van der Waals surface area contributed by atoms with Crippen molar-refractivity contribution in [3.8, 4) is 0 Å². The fourth-order valence-electron chi connectivity index (χ4n) is 0.543. The molecule has 0 fully saturated rings. The van der Waals surface area contributed by atoms with E-state index in [1.54, 1.807) is 0 Å². The van der Waals surface area contributed by atoms with Gasteiger partial charge in [0.2, 0.25) is 9.76 Å². The van der Waals surface area contributed by atoms with Crippen molar-refractivity contribution in [2.24, 2.45) is 0 Å². The molecule has 0 aliphatic heterocycles. The third-order valence-electron chi connectivity index (χ3n) is 1.32. The van der Waals surface area contributed by atoms with Gasteiger partial charge in [-0.3, -0.25) is 0 Å². The lowest BCUT2D eigenvalue weighted by Gasteiger charge is -2.22. The average molecular weight is 182 g/mol.